The highest BCUT2D eigenvalue weighted by Gasteiger charge is 2.34. The van der Waals surface area contributed by atoms with Gasteiger partial charge in [-0.05, 0) is 50.2 Å². The van der Waals surface area contributed by atoms with E-state index in [1.807, 2.05) is 61.0 Å². The summed E-state index contributed by atoms with van der Waals surface area (Å²) >= 11 is 0. The minimum atomic E-state index is 0.0317. The van der Waals surface area contributed by atoms with Crippen molar-refractivity contribution >= 4 is 11.6 Å². The molecule has 1 unspecified atom stereocenters. The van der Waals surface area contributed by atoms with Crippen LogP contribution in [0.5, 0.6) is 5.75 Å². The summed E-state index contributed by atoms with van der Waals surface area (Å²) in [5.74, 6) is 0.884. The Morgan fingerprint density at radius 3 is 2.47 bits per heavy atom. The molecule has 4 rings (SSSR count). The summed E-state index contributed by atoms with van der Waals surface area (Å²) in [6.07, 6.45) is 2.37. The van der Waals surface area contributed by atoms with Gasteiger partial charge >= 0.3 is 0 Å². The van der Waals surface area contributed by atoms with Gasteiger partial charge in [0.2, 0.25) is 0 Å². The summed E-state index contributed by atoms with van der Waals surface area (Å²) in [5, 5.41) is 7.75. The Balaban J connectivity index is 1.44. The lowest BCUT2D eigenvalue weighted by Crippen LogP contribution is -3.13. The first-order chi connectivity index (χ1) is 14.5. The molecule has 1 aliphatic rings. The lowest BCUT2D eigenvalue weighted by Gasteiger charge is -2.19. The number of carbonyl (C=O) groups is 1. The van der Waals surface area contributed by atoms with Crippen LogP contribution in [0.3, 0.4) is 0 Å². The van der Waals surface area contributed by atoms with E-state index < -0.39 is 0 Å². The first-order valence-corrected chi connectivity index (χ1v) is 10.4. The molecule has 2 aromatic carbocycles. The highest BCUT2D eigenvalue weighted by molar-refractivity contribution is 5.92. The third-order valence-corrected chi connectivity index (χ3v) is 5.69. The molecule has 1 heterocycles. The van der Waals surface area contributed by atoms with Crippen molar-refractivity contribution in [3.05, 3.63) is 71.5 Å². The van der Waals surface area contributed by atoms with Crippen LogP contribution in [-0.4, -0.2) is 35.4 Å². The Morgan fingerprint density at radius 2 is 1.83 bits per heavy atom. The van der Waals surface area contributed by atoms with Crippen molar-refractivity contribution < 1.29 is 14.4 Å². The third-order valence-electron chi connectivity index (χ3n) is 5.69. The zero-order chi connectivity index (χ0) is 21.1. The molecular formula is C24H29N4O2+. The molecule has 1 aliphatic carbocycles. The molecule has 0 radical (unpaired) electrons. The number of ether oxygens (including phenoxy) is 1. The number of hydrogen-bond donors (Lipinski definition) is 2. The van der Waals surface area contributed by atoms with Gasteiger partial charge in [0.05, 0.1) is 35.9 Å². The van der Waals surface area contributed by atoms with E-state index in [-0.39, 0.29) is 5.91 Å². The van der Waals surface area contributed by atoms with Gasteiger partial charge in [0.25, 0.3) is 5.91 Å². The highest BCUT2D eigenvalue weighted by Crippen LogP contribution is 2.22. The zero-order valence-corrected chi connectivity index (χ0v) is 17.8. The smallest absolute Gasteiger partial charge is 0.279 e. The molecule has 1 aromatic heterocycles. The number of methoxy groups -OCH3 is 1. The van der Waals surface area contributed by atoms with Gasteiger partial charge < -0.3 is 15.0 Å². The minimum Gasteiger partial charge on any atom is -0.497 e. The average molecular weight is 406 g/mol. The van der Waals surface area contributed by atoms with Gasteiger partial charge in [-0.2, -0.15) is 5.10 Å². The number of nitrogens with one attached hydrogen (secondary N) is 2. The van der Waals surface area contributed by atoms with Gasteiger partial charge in [0, 0.05) is 18.4 Å². The number of hydrogen-bond acceptors (Lipinski definition) is 3. The second-order valence-corrected chi connectivity index (χ2v) is 7.98. The summed E-state index contributed by atoms with van der Waals surface area (Å²) in [6, 6.07) is 18.7. The number of aryl methyl sites for hydroxylation is 1. The van der Waals surface area contributed by atoms with Crippen molar-refractivity contribution in [1.29, 1.82) is 0 Å². The molecule has 0 spiro atoms. The molecule has 6 heteroatoms. The quantitative estimate of drug-likeness (QED) is 0.606. The number of aromatic nitrogens is 2. The van der Waals surface area contributed by atoms with Crippen LogP contribution in [0.2, 0.25) is 0 Å². The first-order valence-electron chi connectivity index (χ1n) is 10.4. The topological polar surface area (TPSA) is 60.6 Å². The molecule has 6 nitrogen and oxygen atoms in total. The second-order valence-electron chi connectivity index (χ2n) is 7.98. The maximum atomic E-state index is 12.9. The monoisotopic (exact) mass is 405 g/mol. The van der Waals surface area contributed by atoms with E-state index in [9.17, 15) is 4.79 Å². The molecule has 156 valence electrons. The molecule has 0 aliphatic heterocycles. The van der Waals surface area contributed by atoms with E-state index in [2.05, 4.69) is 22.5 Å². The maximum absolute atomic E-state index is 12.9. The van der Waals surface area contributed by atoms with Gasteiger partial charge in [-0.3, -0.25) is 4.79 Å². The number of anilines is 1. The lowest BCUT2D eigenvalue weighted by atomic mass is 10.2. The number of para-hydroxylation sites is 1. The van der Waals surface area contributed by atoms with E-state index in [0.717, 1.165) is 35.1 Å². The third kappa shape index (κ3) is 4.54. The fraction of sp³-hybridized carbons (Fsp3) is 0.333. The molecular weight excluding hydrogens is 376 g/mol. The second kappa shape index (κ2) is 8.71. The van der Waals surface area contributed by atoms with Crippen molar-refractivity contribution in [1.82, 2.24) is 9.78 Å². The van der Waals surface area contributed by atoms with Crippen LogP contribution >= 0.6 is 0 Å². The molecule has 2 N–H and O–H groups in total. The maximum Gasteiger partial charge on any atom is 0.279 e. The van der Waals surface area contributed by atoms with E-state index in [1.54, 1.807) is 7.11 Å². The van der Waals surface area contributed by atoms with Crippen molar-refractivity contribution in [3.63, 3.8) is 0 Å². The van der Waals surface area contributed by atoms with Crippen molar-refractivity contribution in [2.45, 2.75) is 39.3 Å². The van der Waals surface area contributed by atoms with Crippen LogP contribution in [0.1, 0.15) is 29.8 Å². The number of benzene rings is 2. The predicted molar refractivity (Wildman–Crippen MR) is 117 cm³/mol. The predicted octanol–water partition coefficient (Wildman–Crippen LogP) is 2.68. The molecule has 1 fully saturated rings. The van der Waals surface area contributed by atoms with Gasteiger partial charge in [-0.15, -0.1) is 0 Å². The van der Waals surface area contributed by atoms with Gasteiger partial charge in [0.1, 0.15) is 12.3 Å². The van der Waals surface area contributed by atoms with E-state index in [0.29, 0.717) is 12.6 Å². The normalized spacial score (nSPS) is 14.4. The molecule has 30 heavy (non-hydrogen) atoms. The van der Waals surface area contributed by atoms with Crippen LogP contribution < -0.4 is 15.0 Å². The van der Waals surface area contributed by atoms with Crippen molar-refractivity contribution in [2.24, 2.45) is 0 Å². The zero-order valence-electron chi connectivity index (χ0n) is 17.8. The van der Waals surface area contributed by atoms with Gasteiger partial charge in [-0.25, -0.2) is 4.68 Å². The molecule has 3 aromatic rings. The molecule has 1 atom stereocenters. The Bertz CT molecular complexity index is 1010. The van der Waals surface area contributed by atoms with E-state index in [4.69, 9.17) is 4.74 Å². The lowest BCUT2D eigenvalue weighted by molar-refractivity contribution is -0.916. The Hall–Kier alpha value is -3.12. The number of amides is 1. The summed E-state index contributed by atoms with van der Waals surface area (Å²) < 4.78 is 7.13. The van der Waals surface area contributed by atoms with Crippen LogP contribution in [0, 0.1) is 13.8 Å². The van der Waals surface area contributed by atoms with Crippen LogP contribution in [-0.2, 0) is 11.3 Å². The largest absolute Gasteiger partial charge is 0.497 e. The number of rotatable bonds is 8. The van der Waals surface area contributed by atoms with Crippen LogP contribution in [0.4, 0.5) is 5.69 Å². The van der Waals surface area contributed by atoms with Crippen molar-refractivity contribution in [3.8, 4) is 11.4 Å². The van der Waals surface area contributed by atoms with Crippen LogP contribution in [0.25, 0.3) is 5.69 Å². The SMILES string of the molecule is COc1ccc(C[NH+](CC(=O)Nc2c(C)nn(-c3ccccc3)c2C)C2CC2)cc1. The highest BCUT2D eigenvalue weighted by atomic mass is 16.5. The molecule has 0 bridgehead atoms. The summed E-state index contributed by atoms with van der Waals surface area (Å²) in [5.41, 5.74) is 4.78. The van der Waals surface area contributed by atoms with Gasteiger partial charge in [-0.1, -0.05) is 18.2 Å². The van der Waals surface area contributed by atoms with Gasteiger partial charge in [0.15, 0.2) is 6.54 Å². The Kier molecular flexibility index (Phi) is 5.86. The standard InChI is InChI=1S/C24H28N4O2/c1-17-24(18(2)28(26-17)21-7-5-4-6-8-21)25-23(29)16-27(20-11-12-20)15-19-9-13-22(30-3)14-10-19/h4-10,13-14,20H,11-12,15-16H2,1-3H3,(H,25,29)/p+1. The number of quaternary nitrogens is 1. The Labute approximate surface area is 177 Å². The van der Waals surface area contributed by atoms with Crippen molar-refractivity contribution in [2.75, 3.05) is 19.0 Å². The molecule has 0 saturated heterocycles. The summed E-state index contributed by atoms with van der Waals surface area (Å²) in [4.78, 5) is 14.2. The number of carbonyl (C=O) groups excluding carboxylic acids is 1. The summed E-state index contributed by atoms with van der Waals surface area (Å²) in [7, 11) is 1.67. The fourth-order valence-corrected chi connectivity index (χ4v) is 3.88. The minimum absolute atomic E-state index is 0.0317. The summed E-state index contributed by atoms with van der Waals surface area (Å²) in [6.45, 7) is 5.21. The fourth-order valence-electron chi connectivity index (χ4n) is 3.88. The van der Waals surface area contributed by atoms with E-state index >= 15 is 0 Å². The first kappa shape index (κ1) is 20.2. The average Bonchev–Trinajstić information content (AvgIpc) is 3.57. The Morgan fingerprint density at radius 1 is 1.13 bits per heavy atom. The number of nitrogens with zero attached hydrogens (tertiary/aromatic N) is 2. The molecule has 1 saturated carbocycles. The van der Waals surface area contributed by atoms with Crippen LogP contribution in [0.15, 0.2) is 54.6 Å². The molecule has 1 amide bonds. The van der Waals surface area contributed by atoms with E-state index in [1.165, 1.54) is 23.3 Å².